The van der Waals surface area contributed by atoms with Gasteiger partial charge in [-0.3, -0.25) is 14.9 Å². The number of nitrogen functional groups attached to an aromatic ring is 1. The van der Waals surface area contributed by atoms with E-state index in [2.05, 4.69) is 5.32 Å². The van der Waals surface area contributed by atoms with Gasteiger partial charge in [0.15, 0.2) is 0 Å². The number of benzene rings is 1. The number of carbonyl (C=O) groups excluding carboxylic acids is 1. The number of nitro benzene ring substituents is 1. The maximum Gasteiger partial charge on any atom is 0.282 e. The Morgan fingerprint density at radius 2 is 2.11 bits per heavy atom. The van der Waals surface area contributed by atoms with Crippen molar-refractivity contribution in [3.63, 3.8) is 0 Å². The standard InChI is InChI=1S/C12H17N3O3/c1-4-12(2,3)14-11(16)9-7-8(13)5-6-10(9)15(17)18/h5-7H,4,13H2,1-3H3,(H,14,16). The summed E-state index contributed by atoms with van der Waals surface area (Å²) in [7, 11) is 0. The van der Waals surface area contributed by atoms with Gasteiger partial charge in [-0.2, -0.15) is 0 Å². The molecule has 0 fully saturated rings. The van der Waals surface area contributed by atoms with E-state index < -0.39 is 16.4 Å². The molecule has 0 saturated heterocycles. The lowest BCUT2D eigenvalue weighted by Crippen LogP contribution is -2.43. The summed E-state index contributed by atoms with van der Waals surface area (Å²) in [6, 6.07) is 3.96. The van der Waals surface area contributed by atoms with E-state index in [9.17, 15) is 14.9 Å². The molecular formula is C12H17N3O3. The van der Waals surface area contributed by atoms with Gasteiger partial charge in [-0.1, -0.05) is 6.92 Å². The number of anilines is 1. The first-order valence-electron chi connectivity index (χ1n) is 5.63. The Labute approximate surface area is 105 Å². The number of nitrogens with two attached hydrogens (primary N) is 1. The third-order valence-electron chi connectivity index (χ3n) is 2.80. The first-order chi connectivity index (χ1) is 8.26. The number of carbonyl (C=O) groups is 1. The number of nitrogens with one attached hydrogen (secondary N) is 1. The number of amides is 1. The van der Waals surface area contributed by atoms with E-state index in [1.807, 2.05) is 20.8 Å². The molecule has 1 rings (SSSR count). The molecule has 1 aromatic carbocycles. The predicted octanol–water partition coefficient (Wildman–Crippen LogP) is 2.10. The molecule has 6 heteroatoms. The fraction of sp³-hybridized carbons (Fsp3) is 0.417. The van der Waals surface area contributed by atoms with E-state index in [1.165, 1.54) is 18.2 Å². The Morgan fingerprint density at radius 3 is 2.61 bits per heavy atom. The maximum atomic E-state index is 12.0. The molecule has 0 atom stereocenters. The lowest BCUT2D eigenvalue weighted by molar-refractivity contribution is -0.385. The molecule has 0 aliphatic rings. The number of rotatable bonds is 4. The lowest BCUT2D eigenvalue weighted by Gasteiger charge is -2.24. The van der Waals surface area contributed by atoms with Crippen LogP contribution in [0.5, 0.6) is 0 Å². The molecule has 6 nitrogen and oxygen atoms in total. The quantitative estimate of drug-likeness (QED) is 0.486. The first-order valence-corrected chi connectivity index (χ1v) is 5.63. The zero-order valence-corrected chi connectivity index (χ0v) is 10.7. The van der Waals surface area contributed by atoms with Crippen LogP contribution < -0.4 is 11.1 Å². The van der Waals surface area contributed by atoms with Crippen LogP contribution in [0.2, 0.25) is 0 Å². The normalized spacial score (nSPS) is 11.1. The van der Waals surface area contributed by atoms with E-state index in [0.717, 1.165) is 6.42 Å². The van der Waals surface area contributed by atoms with E-state index >= 15 is 0 Å². The Balaban J connectivity index is 3.12. The summed E-state index contributed by atoms with van der Waals surface area (Å²) >= 11 is 0. The molecule has 0 saturated carbocycles. The summed E-state index contributed by atoms with van der Waals surface area (Å²) < 4.78 is 0. The van der Waals surface area contributed by atoms with Crippen molar-refractivity contribution in [3.8, 4) is 0 Å². The van der Waals surface area contributed by atoms with E-state index in [0.29, 0.717) is 5.69 Å². The molecule has 1 aromatic rings. The minimum atomic E-state index is -0.590. The molecule has 0 unspecified atom stereocenters. The average Bonchev–Trinajstić information content (AvgIpc) is 2.28. The summed E-state index contributed by atoms with van der Waals surface area (Å²) in [4.78, 5) is 22.3. The second kappa shape index (κ2) is 5.03. The van der Waals surface area contributed by atoms with Crippen molar-refractivity contribution in [2.45, 2.75) is 32.7 Å². The minimum absolute atomic E-state index is 0.0125. The van der Waals surface area contributed by atoms with Gasteiger partial charge in [-0.15, -0.1) is 0 Å². The molecule has 0 aliphatic carbocycles. The second-order valence-corrected chi connectivity index (χ2v) is 4.73. The van der Waals surface area contributed by atoms with Crippen LogP contribution in [-0.2, 0) is 0 Å². The predicted molar refractivity (Wildman–Crippen MR) is 69.3 cm³/mol. The molecule has 3 N–H and O–H groups in total. The van der Waals surface area contributed by atoms with E-state index in [4.69, 9.17) is 5.73 Å². The Kier molecular flexibility index (Phi) is 3.90. The monoisotopic (exact) mass is 251 g/mol. The van der Waals surface area contributed by atoms with Gasteiger partial charge in [0.2, 0.25) is 0 Å². The highest BCUT2D eigenvalue weighted by atomic mass is 16.6. The van der Waals surface area contributed by atoms with Gasteiger partial charge in [0.1, 0.15) is 5.56 Å². The van der Waals surface area contributed by atoms with Gasteiger partial charge in [-0.05, 0) is 32.4 Å². The van der Waals surface area contributed by atoms with Crippen molar-refractivity contribution in [1.29, 1.82) is 0 Å². The van der Waals surface area contributed by atoms with Gasteiger partial charge < -0.3 is 11.1 Å². The van der Waals surface area contributed by atoms with Crippen LogP contribution in [0.25, 0.3) is 0 Å². The topological polar surface area (TPSA) is 98.3 Å². The van der Waals surface area contributed by atoms with Crippen LogP contribution in [0.15, 0.2) is 18.2 Å². The average molecular weight is 251 g/mol. The van der Waals surface area contributed by atoms with Crippen molar-refractivity contribution in [2.75, 3.05) is 5.73 Å². The number of hydrogen-bond donors (Lipinski definition) is 2. The lowest BCUT2D eigenvalue weighted by atomic mass is 10.0. The van der Waals surface area contributed by atoms with Crippen LogP contribution in [0, 0.1) is 10.1 Å². The number of nitrogens with zero attached hydrogens (tertiary/aromatic N) is 1. The van der Waals surface area contributed by atoms with Gasteiger partial charge in [0.25, 0.3) is 11.6 Å². The third kappa shape index (κ3) is 3.19. The highest BCUT2D eigenvalue weighted by Crippen LogP contribution is 2.22. The number of nitro groups is 1. The SMILES string of the molecule is CCC(C)(C)NC(=O)c1cc(N)ccc1[N+](=O)[O-]. The minimum Gasteiger partial charge on any atom is -0.399 e. The summed E-state index contributed by atoms with van der Waals surface area (Å²) in [6.45, 7) is 5.63. The second-order valence-electron chi connectivity index (χ2n) is 4.73. The first kappa shape index (κ1) is 14.0. The maximum absolute atomic E-state index is 12.0. The smallest absolute Gasteiger partial charge is 0.282 e. The zero-order chi connectivity index (χ0) is 13.9. The summed E-state index contributed by atoms with van der Waals surface area (Å²) in [5.41, 5.74) is 5.20. The Bertz CT molecular complexity index is 483. The van der Waals surface area contributed by atoms with Crippen molar-refractivity contribution < 1.29 is 9.72 Å². The Morgan fingerprint density at radius 1 is 1.50 bits per heavy atom. The summed E-state index contributed by atoms with van der Waals surface area (Å²) in [5.74, 6) is -0.485. The van der Waals surface area contributed by atoms with Crippen molar-refractivity contribution in [1.82, 2.24) is 5.32 Å². The summed E-state index contributed by atoms with van der Waals surface area (Å²) in [6.07, 6.45) is 0.717. The zero-order valence-electron chi connectivity index (χ0n) is 10.7. The van der Waals surface area contributed by atoms with E-state index in [-0.39, 0.29) is 11.3 Å². The van der Waals surface area contributed by atoms with E-state index in [1.54, 1.807) is 0 Å². The van der Waals surface area contributed by atoms with Crippen LogP contribution in [0.1, 0.15) is 37.6 Å². The van der Waals surface area contributed by atoms with Gasteiger partial charge in [0.05, 0.1) is 4.92 Å². The van der Waals surface area contributed by atoms with Crippen molar-refractivity contribution in [3.05, 3.63) is 33.9 Å². The molecule has 0 bridgehead atoms. The van der Waals surface area contributed by atoms with Crippen LogP contribution >= 0.6 is 0 Å². The largest absolute Gasteiger partial charge is 0.399 e. The Hall–Kier alpha value is -2.11. The molecular weight excluding hydrogens is 234 g/mol. The molecule has 0 heterocycles. The third-order valence-corrected chi connectivity index (χ3v) is 2.80. The highest BCUT2D eigenvalue weighted by molar-refractivity contribution is 5.99. The molecule has 98 valence electrons. The van der Waals surface area contributed by atoms with Gasteiger partial charge >= 0.3 is 0 Å². The summed E-state index contributed by atoms with van der Waals surface area (Å²) in [5, 5.41) is 13.6. The van der Waals surface area contributed by atoms with Crippen LogP contribution in [-0.4, -0.2) is 16.4 Å². The molecule has 1 amide bonds. The molecule has 18 heavy (non-hydrogen) atoms. The highest BCUT2D eigenvalue weighted by Gasteiger charge is 2.25. The van der Waals surface area contributed by atoms with Gasteiger partial charge in [-0.25, -0.2) is 0 Å². The van der Waals surface area contributed by atoms with Gasteiger partial charge in [0, 0.05) is 17.3 Å². The van der Waals surface area contributed by atoms with Crippen molar-refractivity contribution in [2.24, 2.45) is 0 Å². The van der Waals surface area contributed by atoms with Crippen LogP contribution in [0.4, 0.5) is 11.4 Å². The van der Waals surface area contributed by atoms with Crippen molar-refractivity contribution >= 4 is 17.3 Å². The fourth-order valence-corrected chi connectivity index (χ4v) is 1.36. The molecule has 0 aromatic heterocycles. The molecule has 0 radical (unpaired) electrons. The number of hydrogen-bond acceptors (Lipinski definition) is 4. The van der Waals surface area contributed by atoms with Crippen LogP contribution in [0.3, 0.4) is 0 Å². The fourth-order valence-electron chi connectivity index (χ4n) is 1.36. The molecule has 0 aliphatic heterocycles. The molecule has 0 spiro atoms.